The van der Waals surface area contributed by atoms with E-state index in [4.69, 9.17) is 0 Å². The summed E-state index contributed by atoms with van der Waals surface area (Å²) in [5, 5.41) is 10.8. The van der Waals surface area contributed by atoms with E-state index in [1.165, 1.54) is 6.07 Å². The summed E-state index contributed by atoms with van der Waals surface area (Å²) in [6.45, 7) is 0.570. The number of nitrogens with one attached hydrogen (secondary N) is 1. The van der Waals surface area contributed by atoms with E-state index in [2.05, 4.69) is 9.97 Å². The molecule has 3 unspecified atom stereocenters. The lowest BCUT2D eigenvalue weighted by Gasteiger charge is -2.22. The van der Waals surface area contributed by atoms with Gasteiger partial charge in [-0.1, -0.05) is 12.1 Å². The van der Waals surface area contributed by atoms with Gasteiger partial charge in [0.2, 0.25) is 11.9 Å². The van der Waals surface area contributed by atoms with Gasteiger partial charge in [0.25, 0.3) is 0 Å². The largest absolute Gasteiger partial charge is 0.340 e. The second-order valence-corrected chi connectivity index (χ2v) is 6.55. The van der Waals surface area contributed by atoms with Crippen LogP contribution in [0.3, 0.4) is 0 Å². The molecule has 1 amide bonds. The average Bonchev–Trinajstić information content (AvgIpc) is 3.02. The highest BCUT2D eigenvalue weighted by Crippen LogP contribution is 2.40. The third-order valence-electron chi connectivity index (χ3n) is 4.96. The Morgan fingerprint density at radius 1 is 1.40 bits per heavy atom. The van der Waals surface area contributed by atoms with E-state index in [9.17, 15) is 19.3 Å². The summed E-state index contributed by atoms with van der Waals surface area (Å²) in [4.78, 5) is 32.1. The molecular weight excluding hydrogens is 327 g/mol. The fourth-order valence-electron chi connectivity index (χ4n) is 3.53. The van der Waals surface area contributed by atoms with Gasteiger partial charge < -0.3 is 9.88 Å². The molecule has 0 bridgehead atoms. The Labute approximate surface area is 143 Å². The molecule has 2 heterocycles. The second-order valence-electron chi connectivity index (χ2n) is 6.55. The molecule has 0 spiro atoms. The number of aromatic amines is 1. The van der Waals surface area contributed by atoms with Crippen molar-refractivity contribution < 1.29 is 14.1 Å². The van der Waals surface area contributed by atoms with Crippen LogP contribution in [-0.4, -0.2) is 38.3 Å². The molecule has 1 saturated carbocycles. The van der Waals surface area contributed by atoms with Crippen molar-refractivity contribution in [3.8, 4) is 11.3 Å². The number of rotatable bonds is 4. The van der Waals surface area contributed by atoms with E-state index in [0.717, 1.165) is 12.8 Å². The lowest BCUT2D eigenvalue weighted by Crippen LogP contribution is -2.33. The van der Waals surface area contributed by atoms with Gasteiger partial charge in [-0.3, -0.25) is 14.9 Å². The maximum absolute atomic E-state index is 13.9. The summed E-state index contributed by atoms with van der Waals surface area (Å²) >= 11 is 0. The number of halogens is 1. The first-order chi connectivity index (χ1) is 12.1. The van der Waals surface area contributed by atoms with Gasteiger partial charge >= 0.3 is 0 Å². The number of likely N-dealkylation sites (tertiary alicyclic amines) is 1. The van der Waals surface area contributed by atoms with E-state index in [0.29, 0.717) is 30.0 Å². The van der Waals surface area contributed by atoms with E-state index in [-0.39, 0.29) is 22.7 Å². The van der Waals surface area contributed by atoms with Crippen LogP contribution in [0.15, 0.2) is 30.5 Å². The summed E-state index contributed by atoms with van der Waals surface area (Å²) in [5.41, 5.74) is 0.981. The number of aromatic nitrogens is 2. The van der Waals surface area contributed by atoms with E-state index in [1.54, 1.807) is 29.3 Å². The average molecular weight is 344 g/mol. The standard InChI is InChI=1S/C17H17FN4O3/c18-12-5-2-1-4-10(12)13-9-19-16(20-13)14-6-3-7-21(14)17(23)11-8-15(11)22(24)25/h1-2,4-5,9,11,14-15H,3,6-8H2,(H,19,20). The summed E-state index contributed by atoms with van der Waals surface area (Å²) in [7, 11) is 0. The molecule has 8 heteroatoms. The Morgan fingerprint density at radius 2 is 2.20 bits per heavy atom. The third-order valence-corrected chi connectivity index (χ3v) is 4.96. The smallest absolute Gasteiger partial charge is 0.233 e. The number of nitro groups is 1. The molecule has 1 saturated heterocycles. The first kappa shape index (κ1) is 15.7. The van der Waals surface area contributed by atoms with Gasteiger partial charge in [0.1, 0.15) is 17.6 Å². The van der Waals surface area contributed by atoms with Crippen LogP contribution in [0.5, 0.6) is 0 Å². The minimum absolute atomic E-state index is 0.173. The van der Waals surface area contributed by atoms with Crippen molar-refractivity contribution in [2.24, 2.45) is 5.92 Å². The Bertz CT molecular complexity index is 837. The van der Waals surface area contributed by atoms with Crippen LogP contribution < -0.4 is 0 Å². The van der Waals surface area contributed by atoms with Gasteiger partial charge in [-0.15, -0.1) is 0 Å². The Morgan fingerprint density at radius 3 is 2.92 bits per heavy atom. The van der Waals surface area contributed by atoms with E-state index < -0.39 is 12.0 Å². The predicted octanol–water partition coefficient (Wildman–Crippen LogP) is 2.54. The number of hydrogen-bond acceptors (Lipinski definition) is 4. The van der Waals surface area contributed by atoms with Crippen LogP contribution in [0.1, 0.15) is 31.1 Å². The number of amides is 1. The molecule has 1 aromatic heterocycles. The first-order valence-corrected chi connectivity index (χ1v) is 8.30. The predicted molar refractivity (Wildman–Crippen MR) is 86.6 cm³/mol. The molecule has 0 radical (unpaired) electrons. The number of nitrogens with zero attached hydrogens (tertiary/aromatic N) is 3. The summed E-state index contributed by atoms with van der Waals surface area (Å²) in [6, 6.07) is 5.42. The highest BCUT2D eigenvalue weighted by atomic mass is 19.1. The zero-order chi connectivity index (χ0) is 17.6. The van der Waals surface area contributed by atoms with E-state index in [1.807, 2.05) is 0 Å². The van der Waals surface area contributed by atoms with Crippen molar-refractivity contribution >= 4 is 5.91 Å². The molecule has 1 aromatic carbocycles. The van der Waals surface area contributed by atoms with Gasteiger partial charge in [0.15, 0.2) is 0 Å². The number of imidazole rings is 1. The molecule has 1 aliphatic heterocycles. The van der Waals surface area contributed by atoms with Gasteiger partial charge in [0.05, 0.1) is 17.9 Å². The second kappa shape index (κ2) is 5.94. The molecule has 130 valence electrons. The highest BCUT2D eigenvalue weighted by molar-refractivity contribution is 5.82. The fourth-order valence-corrected chi connectivity index (χ4v) is 3.53. The lowest BCUT2D eigenvalue weighted by molar-refractivity contribution is -0.497. The fraction of sp³-hybridized carbons (Fsp3) is 0.412. The van der Waals surface area contributed by atoms with Crippen LogP contribution in [0, 0.1) is 21.8 Å². The van der Waals surface area contributed by atoms with Crippen LogP contribution >= 0.6 is 0 Å². The minimum atomic E-state index is -0.751. The third kappa shape index (κ3) is 2.77. The molecule has 7 nitrogen and oxygen atoms in total. The van der Waals surface area contributed by atoms with Gasteiger partial charge in [-0.25, -0.2) is 9.37 Å². The highest BCUT2D eigenvalue weighted by Gasteiger charge is 2.55. The zero-order valence-corrected chi connectivity index (χ0v) is 13.4. The monoisotopic (exact) mass is 344 g/mol. The quantitative estimate of drug-likeness (QED) is 0.681. The molecular formula is C17H17FN4O3. The summed E-state index contributed by atoms with van der Waals surface area (Å²) < 4.78 is 13.9. The number of carbonyl (C=O) groups excluding carboxylic acids is 1. The van der Waals surface area contributed by atoms with Gasteiger partial charge in [-0.2, -0.15) is 0 Å². The van der Waals surface area contributed by atoms with Gasteiger partial charge in [0, 0.05) is 23.5 Å². The molecule has 2 aromatic rings. The summed E-state index contributed by atoms with van der Waals surface area (Å²) in [6.07, 6.45) is 3.44. The van der Waals surface area contributed by atoms with Crippen molar-refractivity contribution in [2.45, 2.75) is 31.3 Å². The molecule has 1 N–H and O–H groups in total. The molecule has 1 aliphatic carbocycles. The topological polar surface area (TPSA) is 92.1 Å². The Hall–Kier alpha value is -2.77. The number of H-pyrrole nitrogens is 1. The van der Waals surface area contributed by atoms with Crippen LogP contribution in [0.25, 0.3) is 11.3 Å². The minimum Gasteiger partial charge on any atom is -0.340 e. The van der Waals surface area contributed by atoms with Crippen molar-refractivity contribution in [1.29, 1.82) is 0 Å². The first-order valence-electron chi connectivity index (χ1n) is 8.30. The molecule has 25 heavy (non-hydrogen) atoms. The Balaban J connectivity index is 1.55. The maximum atomic E-state index is 13.9. The number of carbonyl (C=O) groups is 1. The van der Waals surface area contributed by atoms with Crippen LogP contribution in [-0.2, 0) is 4.79 Å². The molecule has 2 aliphatic rings. The van der Waals surface area contributed by atoms with Crippen molar-refractivity contribution in [3.05, 3.63) is 52.2 Å². The summed E-state index contributed by atoms with van der Waals surface area (Å²) in [5.74, 6) is -0.434. The van der Waals surface area contributed by atoms with Gasteiger partial charge in [-0.05, 0) is 25.0 Å². The maximum Gasteiger partial charge on any atom is 0.233 e. The Kier molecular flexibility index (Phi) is 3.74. The van der Waals surface area contributed by atoms with Crippen LogP contribution in [0.2, 0.25) is 0 Å². The number of hydrogen-bond donors (Lipinski definition) is 1. The SMILES string of the molecule is O=C(C1CC1[N+](=O)[O-])N1CCCC1c1ncc(-c2ccccc2F)[nH]1. The molecule has 3 atom stereocenters. The molecule has 2 fully saturated rings. The van der Waals surface area contributed by atoms with Crippen molar-refractivity contribution in [1.82, 2.24) is 14.9 Å². The van der Waals surface area contributed by atoms with E-state index >= 15 is 0 Å². The normalized spacial score (nSPS) is 25.2. The van der Waals surface area contributed by atoms with Crippen LogP contribution in [0.4, 0.5) is 4.39 Å². The van der Waals surface area contributed by atoms with Crippen molar-refractivity contribution in [3.63, 3.8) is 0 Å². The zero-order valence-electron chi connectivity index (χ0n) is 13.4. The number of benzene rings is 1. The lowest BCUT2D eigenvalue weighted by atomic mass is 10.1. The molecule has 4 rings (SSSR count). The van der Waals surface area contributed by atoms with Crippen molar-refractivity contribution in [2.75, 3.05) is 6.54 Å².